The van der Waals surface area contributed by atoms with Gasteiger partial charge in [0.05, 0.1) is 23.4 Å². The highest BCUT2D eigenvalue weighted by molar-refractivity contribution is 7.90. The summed E-state index contributed by atoms with van der Waals surface area (Å²) in [5.41, 5.74) is 1.65. The van der Waals surface area contributed by atoms with Crippen molar-refractivity contribution < 1.29 is 36.2 Å². The maximum Gasteiger partial charge on any atom is 0.490 e. The van der Waals surface area contributed by atoms with Gasteiger partial charge in [-0.25, -0.2) is 18.2 Å². The van der Waals surface area contributed by atoms with E-state index in [1.807, 2.05) is 12.1 Å². The number of alkyl halides is 3. The van der Waals surface area contributed by atoms with Crippen LogP contribution in [0.15, 0.2) is 47.5 Å². The lowest BCUT2D eigenvalue weighted by atomic mass is 9.98. The zero-order chi connectivity index (χ0) is 28.8. The van der Waals surface area contributed by atoms with E-state index in [0.29, 0.717) is 23.3 Å². The highest BCUT2D eigenvalue weighted by Gasteiger charge is 2.38. The molecule has 0 bridgehead atoms. The second-order valence-corrected chi connectivity index (χ2v) is 12.1. The molecule has 0 aliphatic carbocycles. The normalized spacial score (nSPS) is 14.6. The highest BCUT2D eigenvalue weighted by atomic mass is 32.2. The van der Waals surface area contributed by atoms with Crippen molar-refractivity contribution in [3.05, 3.63) is 48.4 Å². The van der Waals surface area contributed by atoms with Gasteiger partial charge >= 0.3 is 12.1 Å². The monoisotopic (exact) mass is 586 g/mol. The molecule has 0 unspecified atom stereocenters. The Hall–Kier alpha value is -3.26. The van der Waals surface area contributed by atoms with Gasteiger partial charge in [-0.1, -0.05) is 26.0 Å². The second kappa shape index (κ2) is 12.7. The third-order valence-corrected chi connectivity index (χ3v) is 7.79. The molecule has 1 N–H and O–H groups in total. The van der Waals surface area contributed by atoms with Crippen LogP contribution < -0.4 is 9.64 Å². The van der Waals surface area contributed by atoms with E-state index in [4.69, 9.17) is 14.6 Å². The summed E-state index contributed by atoms with van der Waals surface area (Å²) < 4.78 is 65.4. The fraction of sp³-hybridized carbons (Fsp3) is 0.440. The summed E-state index contributed by atoms with van der Waals surface area (Å²) in [6, 6.07) is 10.6. The molecule has 0 spiro atoms. The van der Waals surface area contributed by atoms with Crippen LogP contribution in [0.3, 0.4) is 0 Å². The van der Waals surface area contributed by atoms with Crippen LogP contribution in [0.1, 0.15) is 38.4 Å². The lowest BCUT2D eigenvalue weighted by Crippen LogP contribution is -2.35. The number of hydrogen-bond donors (Lipinski definition) is 1. The van der Waals surface area contributed by atoms with Crippen LogP contribution in [0.2, 0.25) is 0 Å². The molecule has 1 saturated heterocycles. The lowest BCUT2D eigenvalue weighted by molar-refractivity contribution is -0.192. The van der Waals surface area contributed by atoms with Gasteiger partial charge in [0.2, 0.25) is 5.13 Å². The molecule has 39 heavy (non-hydrogen) atoms. The van der Waals surface area contributed by atoms with Crippen LogP contribution >= 0.6 is 11.5 Å². The number of pyridine rings is 1. The summed E-state index contributed by atoms with van der Waals surface area (Å²) in [6.45, 7) is 6.85. The van der Waals surface area contributed by atoms with Gasteiger partial charge in [0.15, 0.2) is 9.84 Å². The smallest absolute Gasteiger partial charge is 0.490 e. The Kier molecular flexibility index (Phi) is 9.88. The Bertz CT molecular complexity index is 1340. The zero-order valence-corrected chi connectivity index (χ0v) is 23.2. The van der Waals surface area contributed by atoms with Gasteiger partial charge in [-0.15, -0.1) is 0 Å². The highest BCUT2D eigenvalue weighted by Crippen LogP contribution is 2.27. The van der Waals surface area contributed by atoms with Crippen molar-refractivity contribution in [2.24, 2.45) is 5.92 Å². The van der Waals surface area contributed by atoms with Crippen LogP contribution in [0.4, 0.5) is 18.3 Å². The van der Waals surface area contributed by atoms with Crippen LogP contribution in [0, 0.1) is 5.92 Å². The number of carboxylic acid groups (broad SMARTS) is 1. The van der Waals surface area contributed by atoms with Gasteiger partial charge in [-0.05, 0) is 43.0 Å². The summed E-state index contributed by atoms with van der Waals surface area (Å²) in [5.74, 6) is -0.218. The third-order valence-electron chi connectivity index (χ3n) is 5.88. The van der Waals surface area contributed by atoms with Crippen molar-refractivity contribution in [2.75, 3.05) is 30.9 Å². The van der Waals surface area contributed by atoms with Crippen molar-refractivity contribution in [2.45, 2.75) is 43.7 Å². The molecule has 1 fully saturated rings. The van der Waals surface area contributed by atoms with Crippen molar-refractivity contribution in [3.8, 4) is 17.0 Å². The molecule has 1 aromatic carbocycles. The van der Waals surface area contributed by atoms with Gasteiger partial charge in [-0.3, -0.25) is 4.98 Å². The van der Waals surface area contributed by atoms with Crippen molar-refractivity contribution in [1.29, 1.82) is 0 Å². The maximum atomic E-state index is 11.6. The number of hydrogen-bond acceptors (Lipinski definition) is 9. The fourth-order valence-corrected chi connectivity index (χ4v) is 5.09. The zero-order valence-electron chi connectivity index (χ0n) is 21.6. The largest absolute Gasteiger partial charge is 0.492 e. The molecule has 0 amide bonds. The molecule has 0 saturated carbocycles. The molecular formula is C25H29F3N4O5S2. The van der Waals surface area contributed by atoms with E-state index < -0.39 is 22.0 Å². The molecular weight excluding hydrogens is 557 g/mol. The van der Waals surface area contributed by atoms with Gasteiger partial charge < -0.3 is 14.7 Å². The van der Waals surface area contributed by atoms with Crippen LogP contribution in [-0.2, 0) is 14.6 Å². The molecule has 3 aromatic rings. The number of halogens is 3. The minimum Gasteiger partial charge on any atom is -0.492 e. The van der Waals surface area contributed by atoms with Gasteiger partial charge in [0.1, 0.15) is 11.6 Å². The van der Waals surface area contributed by atoms with Crippen molar-refractivity contribution >= 4 is 32.5 Å². The number of sulfone groups is 1. The van der Waals surface area contributed by atoms with Crippen LogP contribution in [-0.4, -0.2) is 66.0 Å². The number of piperidine rings is 1. The van der Waals surface area contributed by atoms with E-state index in [1.165, 1.54) is 17.8 Å². The first kappa shape index (κ1) is 30.3. The van der Waals surface area contributed by atoms with Crippen LogP contribution in [0.25, 0.3) is 11.3 Å². The molecule has 9 nitrogen and oxygen atoms in total. The maximum absolute atomic E-state index is 11.6. The van der Waals surface area contributed by atoms with E-state index in [9.17, 15) is 21.6 Å². The average molecular weight is 587 g/mol. The van der Waals surface area contributed by atoms with E-state index in [-0.39, 0.29) is 0 Å². The quantitative estimate of drug-likeness (QED) is 0.405. The number of benzene rings is 1. The standard InChI is InChI=1S/C23H28N4O3S2.C2HF3O2/c1-16(2)22-25-23(31-26-22)27-12-10-17(11-13-27)15-30-19-6-9-21(24-14-19)18-4-7-20(8-5-18)32(3,28)29;3-2(4,5)1(6)7/h4-9,14,16-17H,10-13,15H2,1-3H3;(H,6,7). The summed E-state index contributed by atoms with van der Waals surface area (Å²) >= 11 is 1.49. The molecule has 2 aromatic heterocycles. The lowest BCUT2D eigenvalue weighted by Gasteiger charge is -2.31. The molecule has 14 heteroatoms. The first-order valence-corrected chi connectivity index (χ1v) is 14.7. The Balaban J connectivity index is 0.000000532. The molecule has 1 aliphatic rings. The number of carboxylic acids is 1. The minimum atomic E-state index is -5.08. The SMILES string of the molecule is CC(C)c1nsc(N2CCC(COc3ccc(-c4ccc(S(C)(=O)=O)cc4)nc3)CC2)n1.O=C(O)C(F)(F)F. The van der Waals surface area contributed by atoms with E-state index >= 15 is 0 Å². The van der Waals surface area contributed by atoms with E-state index in [1.54, 1.807) is 30.5 Å². The Labute approximate surface area is 228 Å². The fourth-order valence-electron chi connectivity index (χ4n) is 3.60. The number of aliphatic carboxylic acids is 1. The molecule has 4 rings (SSSR count). The van der Waals surface area contributed by atoms with E-state index in [0.717, 1.165) is 53.9 Å². The van der Waals surface area contributed by atoms with E-state index in [2.05, 4.69) is 33.1 Å². The summed E-state index contributed by atoms with van der Waals surface area (Å²) in [5, 5.41) is 8.15. The molecule has 212 valence electrons. The Morgan fingerprint density at radius 3 is 2.23 bits per heavy atom. The summed E-state index contributed by atoms with van der Waals surface area (Å²) in [7, 11) is -3.20. The first-order chi connectivity index (χ1) is 18.2. The number of carbonyl (C=O) groups is 1. The number of nitrogens with zero attached hydrogens (tertiary/aromatic N) is 4. The summed E-state index contributed by atoms with van der Waals surface area (Å²) in [4.78, 5) is 20.7. The van der Waals surface area contributed by atoms with Gasteiger partial charge in [0.25, 0.3) is 0 Å². The molecule has 0 atom stereocenters. The van der Waals surface area contributed by atoms with Crippen LogP contribution in [0.5, 0.6) is 5.75 Å². The first-order valence-electron chi connectivity index (χ1n) is 12.0. The second-order valence-electron chi connectivity index (χ2n) is 9.31. The minimum absolute atomic E-state index is 0.304. The topological polar surface area (TPSA) is 123 Å². The predicted octanol–water partition coefficient (Wildman–Crippen LogP) is 5.06. The molecule has 3 heterocycles. The average Bonchev–Trinajstić information content (AvgIpc) is 3.38. The third kappa shape index (κ3) is 8.88. The predicted molar refractivity (Wildman–Crippen MR) is 141 cm³/mol. The Morgan fingerprint density at radius 1 is 1.15 bits per heavy atom. The Morgan fingerprint density at radius 2 is 1.77 bits per heavy atom. The number of rotatable bonds is 7. The van der Waals surface area contributed by atoms with Crippen molar-refractivity contribution in [1.82, 2.24) is 14.3 Å². The number of anilines is 1. The number of ether oxygens (including phenoxy) is 1. The number of aromatic nitrogens is 3. The van der Waals surface area contributed by atoms with Crippen molar-refractivity contribution in [3.63, 3.8) is 0 Å². The molecule has 0 radical (unpaired) electrons. The molecule has 1 aliphatic heterocycles. The van der Waals surface area contributed by atoms with Gasteiger partial charge in [0, 0.05) is 42.4 Å². The summed E-state index contributed by atoms with van der Waals surface area (Å²) in [6.07, 6.45) is -0.0255. The van der Waals surface area contributed by atoms with Gasteiger partial charge in [-0.2, -0.15) is 17.5 Å².